The first-order valence-corrected chi connectivity index (χ1v) is 11.4. The molecule has 2 aromatic carbocycles. The molecule has 9 heteroatoms. The Labute approximate surface area is 185 Å². The fourth-order valence-corrected chi connectivity index (χ4v) is 4.26. The summed E-state index contributed by atoms with van der Waals surface area (Å²) in [7, 11) is -3.81. The third-order valence-corrected chi connectivity index (χ3v) is 6.36. The van der Waals surface area contributed by atoms with Crippen molar-refractivity contribution in [2.45, 2.75) is 24.9 Å². The molecular formula is C23H22N4O4S. The lowest BCUT2D eigenvalue weighted by molar-refractivity contribution is 0.0950. The van der Waals surface area contributed by atoms with Crippen molar-refractivity contribution >= 4 is 15.9 Å². The Kier molecular flexibility index (Phi) is 6.20. The van der Waals surface area contributed by atoms with Crippen LogP contribution in [0, 0.1) is 6.92 Å². The summed E-state index contributed by atoms with van der Waals surface area (Å²) in [4.78, 5) is 12.9. The van der Waals surface area contributed by atoms with Gasteiger partial charge in [0.15, 0.2) is 0 Å². The van der Waals surface area contributed by atoms with Gasteiger partial charge in [0.05, 0.1) is 23.4 Å². The van der Waals surface area contributed by atoms with E-state index in [4.69, 9.17) is 4.42 Å². The number of amides is 1. The van der Waals surface area contributed by atoms with Gasteiger partial charge < -0.3 is 9.73 Å². The predicted octanol–water partition coefficient (Wildman–Crippen LogP) is 3.18. The number of benzene rings is 2. The number of nitrogens with zero attached hydrogens (tertiary/aromatic N) is 2. The summed E-state index contributed by atoms with van der Waals surface area (Å²) in [6.45, 7) is 2.05. The van der Waals surface area contributed by atoms with Gasteiger partial charge in [0.1, 0.15) is 5.76 Å². The number of hydrogen-bond acceptors (Lipinski definition) is 5. The molecule has 4 aromatic rings. The summed E-state index contributed by atoms with van der Waals surface area (Å²) in [5.41, 5.74) is 2.70. The SMILES string of the molecule is Cc1ccc(S(=O)(=O)NCc2ccco2)cc1C(=O)NCc1ccccc1-n1cccn1. The van der Waals surface area contributed by atoms with Crippen molar-refractivity contribution in [2.24, 2.45) is 0 Å². The van der Waals surface area contributed by atoms with E-state index in [2.05, 4.69) is 15.1 Å². The van der Waals surface area contributed by atoms with E-state index in [1.165, 1.54) is 18.4 Å². The van der Waals surface area contributed by atoms with E-state index in [0.717, 1.165) is 11.3 Å². The molecule has 0 spiro atoms. The highest BCUT2D eigenvalue weighted by molar-refractivity contribution is 7.89. The van der Waals surface area contributed by atoms with Crippen molar-refractivity contribution in [1.82, 2.24) is 19.8 Å². The second-order valence-corrected chi connectivity index (χ2v) is 8.91. The summed E-state index contributed by atoms with van der Waals surface area (Å²) < 4.78 is 34.7. The van der Waals surface area contributed by atoms with E-state index in [1.54, 1.807) is 36.0 Å². The maximum Gasteiger partial charge on any atom is 0.251 e. The summed E-state index contributed by atoms with van der Waals surface area (Å²) in [5, 5.41) is 7.13. The highest BCUT2D eigenvalue weighted by Gasteiger charge is 2.18. The lowest BCUT2D eigenvalue weighted by Gasteiger charge is -2.13. The minimum atomic E-state index is -3.81. The first-order chi connectivity index (χ1) is 15.4. The van der Waals surface area contributed by atoms with Crippen LogP contribution in [-0.2, 0) is 23.1 Å². The van der Waals surface area contributed by atoms with Gasteiger partial charge in [-0.2, -0.15) is 5.10 Å². The predicted molar refractivity (Wildman–Crippen MR) is 119 cm³/mol. The number of hydrogen-bond donors (Lipinski definition) is 2. The van der Waals surface area contributed by atoms with Crippen LogP contribution in [0.15, 0.2) is 88.6 Å². The average molecular weight is 451 g/mol. The maximum atomic E-state index is 12.9. The van der Waals surface area contributed by atoms with Crippen molar-refractivity contribution in [3.05, 3.63) is 102 Å². The molecule has 0 bridgehead atoms. The largest absolute Gasteiger partial charge is 0.468 e. The maximum absolute atomic E-state index is 12.9. The molecule has 1 amide bonds. The van der Waals surface area contributed by atoms with Crippen LogP contribution in [0.3, 0.4) is 0 Å². The molecule has 4 rings (SSSR count). The Balaban J connectivity index is 1.50. The molecular weight excluding hydrogens is 428 g/mol. The monoisotopic (exact) mass is 450 g/mol. The second-order valence-electron chi connectivity index (χ2n) is 7.14. The van der Waals surface area contributed by atoms with Gasteiger partial charge >= 0.3 is 0 Å². The Hall–Kier alpha value is -3.69. The Morgan fingerprint density at radius 1 is 1.06 bits per heavy atom. The number of rotatable bonds is 8. The zero-order chi connectivity index (χ0) is 22.6. The number of nitrogens with one attached hydrogen (secondary N) is 2. The van der Waals surface area contributed by atoms with Gasteiger partial charge in [0.25, 0.3) is 5.91 Å². The van der Waals surface area contributed by atoms with E-state index in [1.807, 2.05) is 36.5 Å². The number of carbonyl (C=O) groups is 1. The topological polar surface area (TPSA) is 106 Å². The molecule has 0 aliphatic heterocycles. The average Bonchev–Trinajstić information content (AvgIpc) is 3.51. The molecule has 0 radical (unpaired) electrons. The van der Waals surface area contributed by atoms with Crippen LogP contribution in [0.4, 0.5) is 0 Å². The van der Waals surface area contributed by atoms with Crippen LogP contribution >= 0.6 is 0 Å². The summed E-state index contributed by atoms with van der Waals surface area (Å²) in [6, 6.07) is 17.3. The molecule has 2 aromatic heterocycles. The van der Waals surface area contributed by atoms with Gasteiger partial charge in [-0.25, -0.2) is 17.8 Å². The molecule has 0 atom stereocenters. The Morgan fingerprint density at radius 2 is 1.91 bits per heavy atom. The van der Waals surface area contributed by atoms with Gasteiger partial charge in [-0.15, -0.1) is 0 Å². The van der Waals surface area contributed by atoms with Gasteiger partial charge in [-0.05, 0) is 54.4 Å². The molecule has 8 nitrogen and oxygen atoms in total. The number of aryl methyl sites for hydroxylation is 1. The quantitative estimate of drug-likeness (QED) is 0.429. The van der Waals surface area contributed by atoms with Crippen LogP contribution in [0.2, 0.25) is 0 Å². The third-order valence-electron chi connectivity index (χ3n) is 4.96. The van der Waals surface area contributed by atoms with Crippen LogP contribution in [0.5, 0.6) is 0 Å². The van der Waals surface area contributed by atoms with E-state index < -0.39 is 10.0 Å². The second kappa shape index (κ2) is 9.21. The number of aromatic nitrogens is 2. The van der Waals surface area contributed by atoms with Crippen LogP contribution < -0.4 is 10.0 Å². The third kappa shape index (κ3) is 4.79. The number of carbonyl (C=O) groups excluding carboxylic acids is 1. The van der Waals surface area contributed by atoms with Crippen molar-refractivity contribution < 1.29 is 17.6 Å². The lowest BCUT2D eigenvalue weighted by atomic mass is 10.1. The number of para-hydroxylation sites is 1. The minimum Gasteiger partial charge on any atom is -0.468 e. The van der Waals surface area contributed by atoms with Gasteiger partial charge in [0.2, 0.25) is 10.0 Å². The molecule has 2 N–H and O–H groups in total. The molecule has 0 unspecified atom stereocenters. The molecule has 32 heavy (non-hydrogen) atoms. The number of furan rings is 1. The van der Waals surface area contributed by atoms with Crippen molar-refractivity contribution in [3.8, 4) is 5.69 Å². The van der Waals surface area contributed by atoms with E-state index in [-0.39, 0.29) is 23.9 Å². The fourth-order valence-electron chi connectivity index (χ4n) is 3.24. The zero-order valence-electron chi connectivity index (χ0n) is 17.4. The molecule has 0 saturated heterocycles. The van der Waals surface area contributed by atoms with Crippen molar-refractivity contribution in [2.75, 3.05) is 0 Å². The van der Waals surface area contributed by atoms with Gasteiger partial charge in [-0.1, -0.05) is 24.3 Å². The zero-order valence-corrected chi connectivity index (χ0v) is 18.2. The summed E-state index contributed by atoms with van der Waals surface area (Å²) in [6.07, 6.45) is 4.99. The first-order valence-electron chi connectivity index (χ1n) is 9.93. The highest BCUT2D eigenvalue weighted by atomic mass is 32.2. The normalized spacial score (nSPS) is 11.4. The van der Waals surface area contributed by atoms with Crippen molar-refractivity contribution in [3.63, 3.8) is 0 Å². The molecule has 0 saturated carbocycles. The fraction of sp³-hybridized carbons (Fsp3) is 0.130. The van der Waals surface area contributed by atoms with Gasteiger partial charge in [-0.3, -0.25) is 4.79 Å². The summed E-state index contributed by atoms with van der Waals surface area (Å²) in [5.74, 6) is 0.135. The molecule has 164 valence electrons. The lowest BCUT2D eigenvalue weighted by Crippen LogP contribution is -2.26. The molecule has 0 aliphatic carbocycles. The van der Waals surface area contributed by atoms with E-state index >= 15 is 0 Å². The first kappa shape index (κ1) is 21.5. The molecule has 0 aliphatic rings. The smallest absolute Gasteiger partial charge is 0.251 e. The minimum absolute atomic E-state index is 0.0109. The van der Waals surface area contributed by atoms with Gasteiger partial charge in [0, 0.05) is 24.5 Å². The van der Waals surface area contributed by atoms with Crippen molar-refractivity contribution in [1.29, 1.82) is 0 Å². The Morgan fingerprint density at radius 3 is 2.66 bits per heavy atom. The van der Waals surface area contributed by atoms with Crippen LogP contribution in [-0.4, -0.2) is 24.1 Å². The van der Waals surface area contributed by atoms with E-state index in [9.17, 15) is 13.2 Å². The van der Waals surface area contributed by atoms with Crippen LogP contribution in [0.1, 0.15) is 27.2 Å². The molecule has 2 heterocycles. The summed E-state index contributed by atoms with van der Waals surface area (Å²) >= 11 is 0. The number of sulfonamides is 1. The van der Waals surface area contributed by atoms with Crippen LogP contribution in [0.25, 0.3) is 5.69 Å². The standard InChI is InChI=1S/C23H22N4O4S/c1-17-9-10-20(32(29,30)26-16-19-7-4-13-31-19)14-21(17)23(28)24-15-18-6-2-3-8-22(18)27-12-5-11-25-27/h2-14,26H,15-16H2,1H3,(H,24,28). The highest BCUT2D eigenvalue weighted by Crippen LogP contribution is 2.18. The molecule has 0 fully saturated rings. The Bertz CT molecular complexity index is 1310. The van der Waals surface area contributed by atoms with E-state index in [0.29, 0.717) is 16.9 Å².